The number of thiophene rings is 1. The summed E-state index contributed by atoms with van der Waals surface area (Å²) in [5.74, 6) is 5.52. The first-order valence-electron chi connectivity index (χ1n) is 6.09. The molecule has 7 heteroatoms. The van der Waals surface area contributed by atoms with Crippen LogP contribution < -0.4 is 5.32 Å². The van der Waals surface area contributed by atoms with Crippen molar-refractivity contribution in [1.29, 1.82) is 0 Å². The van der Waals surface area contributed by atoms with Gasteiger partial charge >= 0.3 is 0 Å². The monoisotopic (exact) mass is 342 g/mol. The molecule has 0 radical (unpaired) electrons. The van der Waals surface area contributed by atoms with Gasteiger partial charge in [-0.3, -0.25) is 4.79 Å². The van der Waals surface area contributed by atoms with Gasteiger partial charge in [0.1, 0.15) is 10.8 Å². The fourth-order valence-electron chi connectivity index (χ4n) is 1.55. The van der Waals surface area contributed by atoms with Crippen molar-refractivity contribution in [1.82, 2.24) is 10.3 Å². The molecule has 110 valence electrons. The lowest BCUT2D eigenvalue weighted by Gasteiger charge is -2.00. The minimum absolute atomic E-state index is 0.0569. The number of halogens is 2. The second-order valence-corrected chi connectivity index (χ2v) is 5.89. The van der Waals surface area contributed by atoms with Gasteiger partial charge in [-0.2, -0.15) is 0 Å². The van der Waals surface area contributed by atoms with Gasteiger partial charge in [0, 0.05) is 22.2 Å². The molecule has 0 aliphatic carbocycles. The van der Waals surface area contributed by atoms with Crippen molar-refractivity contribution in [2.75, 3.05) is 6.61 Å². The maximum Gasteiger partial charge on any atom is 0.268 e. The summed E-state index contributed by atoms with van der Waals surface area (Å²) in [5, 5.41) is 13.9. The quantitative estimate of drug-likeness (QED) is 0.747. The van der Waals surface area contributed by atoms with Gasteiger partial charge in [0.2, 0.25) is 0 Å². The van der Waals surface area contributed by atoms with Gasteiger partial charge in [0.15, 0.2) is 0 Å². The number of aliphatic hydroxyl groups is 1. The van der Waals surface area contributed by atoms with Crippen LogP contribution in [0.1, 0.15) is 27.3 Å². The van der Waals surface area contributed by atoms with Crippen LogP contribution in [0.2, 0.25) is 10.2 Å². The van der Waals surface area contributed by atoms with Gasteiger partial charge in [-0.05, 0) is 12.1 Å². The molecule has 3 N–H and O–H groups in total. The smallest absolute Gasteiger partial charge is 0.268 e. The summed E-state index contributed by atoms with van der Waals surface area (Å²) in [7, 11) is 0. The second kappa shape index (κ2) is 7.53. The molecule has 0 spiro atoms. The summed E-state index contributed by atoms with van der Waals surface area (Å²) in [4.78, 5) is 15.6. The summed E-state index contributed by atoms with van der Waals surface area (Å²) in [6, 6.07) is 3.39. The molecular formula is C14H12Cl2N2O2S. The third-order valence-corrected chi connectivity index (χ3v) is 4.15. The van der Waals surface area contributed by atoms with Gasteiger partial charge in [-0.25, -0.2) is 0 Å². The topological polar surface area (TPSA) is 65.1 Å². The van der Waals surface area contributed by atoms with Crippen LogP contribution in [0.5, 0.6) is 0 Å². The third kappa shape index (κ3) is 4.51. The Morgan fingerprint density at radius 1 is 1.43 bits per heavy atom. The maximum absolute atomic E-state index is 11.9. The molecule has 21 heavy (non-hydrogen) atoms. The van der Waals surface area contributed by atoms with Crippen LogP contribution in [0, 0.1) is 11.8 Å². The summed E-state index contributed by atoms with van der Waals surface area (Å²) in [6.07, 6.45) is 0.455. The number of amides is 1. The fraction of sp³-hybridized carbons (Fsp3) is 0.214. The predicted octanol–water partition coefficient (Wildman–Crippen LogP) is 3.05. The Hall–Kier alpha value is -1.45. The summed E-state index contributed by atoms with van der Waals surface area (Å²) in [6.45, 7) is 0.459. The fourth-order valence-corrected chi connectivity index (χ4v) is 2.62. The molecule has 4 nitrogen and oxygen atoms in total. The standard InChI is InChI=1S/C14H12Cl2N2O2S/c15-11-6-12(18-13(11)16)14(20)17-7-10-5-9(8-21-10)3-1-2-4-19/h5-6,8,18-19H,2,4,7H2,(H,17,20). The number of hydrogen-bond donors (Lipinski definition) is 3. The SMILES string of the molecule is O=C(NCc1cc(C#CCCO)cs1)c1cc(Cl)c(Cl)[nH]1. The Bertz CT molecular complexity index is 678. The second-order valence-electron chi connectivity index (χ2n) is 4.10. The molecule has 0 unspecified atom stereocenters. The molecular weight excluding hydrogens is 331 g/mol. The number of rotatable bonds is 4. The van der Waals surface area contributed by atoms with Crippen molar-refractivity contribution >= 4 is 40.4 Å². The van der Waals surface area contributed by atoms with E-state index in [1.807, 2.05) is 11.4 Å². The van der Waals surface area contributed by atoms with E-state index in [9.17, 15) is 4.79 Å². The van der Waals surface area contributed by atoms with Gasteiger partial charge in [0.25, 0.3) is 5.91 Å². The van der Waals surface area contributed by atoms with E-state index in [4.69, 9.17) is 28.3 Å². The molecule has 0 aliphatic heterocycles. The summed E-state index contributed by atoms with van der Waals surface area (Å²) >= 11 is 13.0. The van der Waals surface area contributed by atoms with Gasteiger partial charge in [-0.1, -0.05) is 35.0 Å². The lowest BCUT2D eigenvalue weighted by atomic mass is 10.3. The Morgan fingerprint density at radius 2 is 2.24 bits per heavy atom. The first-order valence-corrected chi connectivity index (χ1v) is 7.73. The Kier molecular flexibility index (Phi) is 5.71. The number of hydrogen-bond acceptors (Lipinski definition) is 3. The van der Waals surface area contributed by atoms with Crippen LogP contribution in [0.25, 0.3) is 0 Å². The van der Waals surface area contributed by atoms with E-state index in [1.54, 1.807) is 0 Å². The number of aliphatic hydroxyl groups excluding tert-OH is 1. The van der Waals surface area contributed by atoms with Gasteiger partial charge in [-0.15, -0.1) is 11.3 Å². The number of carbonyl (C=O) groups is 1. The molecule has 2 rings (SSSR count). The van der Waals surface area contributed by atoms with Gasteiger partial charge in [0.05, 0.1) is 18.2 Å². The maximum atomic E-state index is 11.9. The number of aromatic amines is 1. The highest BCUT2D eigenvalue weighted by Crippen LogP contribution is 2.22. The van der Waals surface area contributed by atoms with Crippen LogP contribution in [0.3, 0.4) is 0 Å². The molecule has 0 atom stereocenters. The first kappa shape index (κ1) is 15.9. The molecule has 0 saturated heterocycles. The van der Waals surface area contributed by atoms with E-state index in [2.05, 4.69) is 22.1 Å². The van der Waals surface area contributed by atoms with Crippen LogP contribution >= 0.6 is 34.5 Å². The molecule has 0 fully saturated rings. The molecule has 2 aromatic heterocycles. The largest absolute Gasteiger partial charge is 0.395 e. The van der Waals surface area contributed by atoms with E-state index in [0.717, 1.165) is 10.4 Å². The van der Waals surface area contributed by atoms with E-state index < -0.39 is 0 Å². The molecule has 2 aromatic rings. The zero-order chi connectivity index (χ0) is 15.2. The lowest BCUT2D eigenvalue weighted by molar-refractivity contribution is 0.0947. The molecule has 2 heterocycles. The van der Waals surface area contributed by atoms with Crippen molar-refractivity contribution in [3.8, 4) is 11.8 Å². The predicted molar refractivity (Wildman–Crippen MR) is 84.9 cm³/mol. The molecule has 0 aliphatic rings. The highest BCUT2D eigenvalue weighted by Gasteiger charge is 2.11. The number of aromatic nitrogens is 1. The van der Waals surface area contributed by atoms with Crippen LogP contribution in [0.4, 0.5) is 0 Å². The number of nitrogens with one attached hydrogen (secondary N) is 2. The lowest BCUT2D eigenvalue weighted by Crippen LogP contribution is -2.22. The minimum Gasteiger partial charge on any atom is -0.395 e. The van der Waals surface area contributed by atoms with Crippen molar-refractivity contribution in [2.45, 2.75) is 13.0 Å². The van der Waals surface area contributed by atoms with Crippen molar-refractivity contribution in [3.63, 3.8) is 0 Å². The average Bonchev–Trinajstić information content (AvgIpc) is 3.04. The Morgan fingerprint density at radius 3 is 2.90 bits per heavy atom. The van der Waals surface area contributed by atoms with E-state index >= 15 is 0 Å². The number of H-pyrrole nitrogens is 1. The zero-order valence-corrected chi connectivity index (χ0v) is 13.2. The van der Waals surface area contributed by atoms with E-state index in [1.165, 1.54) is 17.4 Å². The summed E-state index contributed by atoms with van der Waals surface area (Å²) in [5.41, 5.74) is 1.20. The van der Waals surface area contributed by atoms with Crippen LogP contribution in [0.15, 0.2) is 17.5 Å². The Labute approximate surface area is 136 Å². The average molecular weight is 343 g/mol. The Balaban J connectivity index is 1.91. The van der Waals surface area contributed by atoms with Crippen molar-refractivity contribution in [2.24, 2.45) is 0 Å². The van der Waals surface area contributed by atoms with Crippen LogP contribution in [-0.4, -0.2) is 22.6 Å². The number of carbonyl (C=O) groups excluding carboxylic acids is 1. The third-order valence-electron chi connectivity index (χ3n) is 2.52. The summed E-state index contributed by atoms with van der Waals surface area (Å²) < 4.78 is 0. The molecule has 0 bridgehead atoms. The highest BCUT2D eigenvalue weighted by atomic mass is 35.5. The highest BCUT2D eigenvalue weighted by molar-refractivity contribution is 7.10. The van der Waals surface area contributed by atoms with E-state index in [-0.39, 0.29) is 17.7 Å². The molecule has 0 aromatic carbocycles. The normalized spacial score (nSPS) is 10.0. The van der Waals surface area contributed by atoms with E-state index in [0.29, 0.717) is 23.7 Å². The molecule has 0 saturated carbocycles. The van der Waals surface area contributed by atoms with Crippen LogP contribution in [-0.2, 0) is 6.54 Å². The van der Waals surface area contributed by atoms with Crippen molar-refractivity contribution in [3.05, 3.63) is 43.8 Å². The van der Waals surface area contributed by atoms with Crippen molar-refractivity contribution < 1.29 is 9.90 Å². The van der Waals surface area contributed by atoms with Gasteiger partial charge < -0.3 is 15.4 Å². The first-order chi connectivity index (χ1) is 10.1. The zero-order valence-electron chi connectivity index (χ0n) is 10.9. The molecule has 1 amide bonds. The minimum atomic E-state index is -0.273.